The zero-order chi connectivity index (χ0) is 13.8. The average molecular weight is 287 g/mol. The number of hydrogen-bond donors (Lipinski definition) is 1. The first-order valence-electron chi connectivity index (χ1n) is 6.38. The normalized spacial score (nSPS) is 29.0. The molecule has 1 saturated carbocycles. The van der Waals surface area contributed by atoms with Gasteiger partial charge >= 0.3 is 0 Å². The van der Waals surface area contributed by atoms with Gasteiger partial charge in [-0.25, -0.2) is 17.2 Å². The molecule has 2 aliphatic rings. The van der Waals surface area contributed by atoms with Gasteiger partial charge in [0.05, 0.1) is 5.25 Å². The number of sulfone groups is 1. The monoisotopic (exact) mass is 287 g/mol. The second-order valence-corrected chi connectivity index (χ2v) is 7.69. The highest BCUT2D eigenvalue weighted by Crippen LogP contribution is 2.39. The number of fused-ring (bicyclic) bond motifs is 1. The van der Waals surface area contributed by atoms with E-state index in [4.69, 9.17) is 0 Å². The van der Waals surface area contributed by atoms with Crippen molar-refractivity contribution < 1.29 is 17.2 Å². The zero-order valence-electron chi connectivity index (χ0n) is 10.5. The van der Waals surface area contributed by atoms with Gasteiger partial charge in [0.1, 0.15) is 16.5 Å². The van der Waals surface area contributed by atoms with Crippen molar-refractivity contribution in [1.29, 1.82) is 0 Å². The molecule has 0 bridgehead atoms. The highest BCUT2D eigenvalue weighted by Gasteiger charge is 2.40. The van der Waals surface area contributed by atoms with E-state index in [1.54, 1.807) is 6.92 Å². The lowest BCUT2D eigenvalue weighted by Crippen LogP contribution is -2.36. The lowest BCUT2D eigenvalue weighted by atomic mass is 10.0. The zero-order valence-corrected chi connectivity index (χ0v) is 11.3. The van der Waals surface area contributed by atoms with E-state index in [1.807, 2.05) is 0 Å². The van der Waals surface area contributed by atoms with Gasteiger partial charge in [0, 0.05) is 18.2 Å². The lowest BCUT2D eigenvalue weighted by Gasteiger charge is -2.30. The third-order valence-corrected chi connectivity index (χ3v) is 6.06. The van der Waals surface area contributed by atoms with Gasteiger partial charge < -0.3 is 5.32 Å². The van der Waals surface area contributed by atoms with Crippen LogP contribution in [0.5, 0.6) is 0 Å². The summed E-state index contributed by atoms with van der Waals surface area (Å²) in [4.78, 5) is -0.328. The number of benzene rings is 1. The van der Waals surface area contributed by atoms with Crippen LogP contribution in [0.3, 0.4) is 0 Å². The lowest BCUT2D eigenvalue weighted by molar-refractivity contribution is 0.442. The predicted molar refractivity (Wildman–Crippen MR) is 66.5 cm³/mol. The molecule has 19 heavy (non-hydrogen) atoms. The Hall–Kier alpha value is -1.01. The number of nitrogens with one attached hydrogen (secondary N) is 1. The molecule has 1 aliphatic carbocycles. The maximum Gasteiger partial charge on any atom is 0.184 e. The van der Waals surface area contributed by atoms with Crippen LogP contribution in [0.4, 0.5) is 8.78 Å². The van der Waals surface area contributed by atoms with Crippen molar-refractivity contribution in [3.8, 4) is 0 Å². The van der Waals surface area contributed by atoms with E-state index in [2.05, 4.69) is 5.32 Å². The molecule has 1 heterocycles. The standard InChI is InChI=1S/C13H15F2NO2S/c1-7-4-12(16-9-2-3-9)10-5-8(14)6-11(15)13(10)19(7,17)18/h5-7,9,12,16H,2-4H2,1H3. The van der Waals surface area contributed by atoms with Gasteiger partial charge in [-0.3, -0.25) is 0 Å². The summed E-state index contributed by atoms with van der Waals surface area (Å²) in [6, 6.07) is 1.84. The summed E-state index contributed by atoms with van der Waals surface area (Å²) in [6.45, 7) is 1.57. The summed E-state index contributed by atoms with van der Waals surface area (Å²) in [5.74, 6) is -1.72. The summed E-state index contributed by atoms with van der Waals surface area (Å²) in [5.41, 5.74) is 0.238. The van der Waals surface area contributed by atoms with Crippen LogP contribution < -0.4 is 5.32 Å². The Balaban J connectivity index is 2.15. The summed E-state index contributed by atoms with van der Waals surface area (Å²) in [5, 5.41) is 2.62. The molecular weight excluding hydrogens is 272 g/mol. The molecule has 0 spiro atoms. The van der Waals surface area contributed by atoms with Crippen LogP contribution in [0.2, 0.25) is 0 Å². The van der Waals surface area contributed by atoms with Gasteiger partial charge in [-0.15, -0.1) is 0 Å². The van der Waals surface area contributed by atoms with Crippen LogP contribution in [0.15, 0.2) is 17.0 Å². The molecule has 3 nitrogen and oxygen atoms in total. The molecule has 0 radical (unpaired) electrons. The SMILES string of the molecule is CC1CC(NC2CC2)c2cc(F)cc(F)c2S1(=O)=O. The van der Waals surface area contributed by atoms with E-state index in [0.717, 1.165) is 18.9 Å². The first-order valence-corrected chi connectivity index (χ1v) is 7.93. The fraction of sp³-hybridized carbons (Fsp3) is 0.538. The fourth-order valence-corrected chi connectivity index (χ4v) is 4.33. The summed E-state index contributed by atoms with van der Waals surface area (Å²) < 4.78 is 51.6. The Kier molecular flexibility index (Phi) is 2.90. The van der Waals surface area contributed by atoms with Crippen LogP contribution in [-0.4, -0.2) is 19.7 Å². The van der Waals surface area contributed by atoms with E-state index in [1.165, 1.54) is 0 Å². The molecule has 1 N–H and O–H groups in total. The molecule has 0 saturated heterocycles. The highest BCUT2D eigenvalue weighted by molar-refractivity contribution is 7.92. The van der Waals surface area contributed by atoms with Crippen molar-refractivity contribution in [3.63, 3.8) is 0 Å². The summed E-state index contributed by atoms with van der Waals surface area (Å²) in [7, 11) is -3.70. The molecule has 0 amide bonds. The quantitative estimate of drug-likeness (QED) is 0.849. The third kappa shape index (κ3) is 2.17. The fourth-order valence-electron chi connectivity index (χ4n) is 2.62. The first-order chi connectivity index (χ1) is 8.89. The molecule has 6 heteroatoms. The van der Waals surface area contributed by atoms with E-state index in [-0.39, 0.29) is 16.5 Å². The number of halogens is 2. The van der Waals surface area contributed by atoms with Gasteiger partial charge in [0.15, 0.2) is 9.84 Å². The van der Waals surface area contributed by atoms with Crippen LogP contribution in [0, 0.1) is 11.6 Å². The molecule has 2 atom stereocenters. The van der Waals surface area contributed by atoms with Crippen LogP contribution in [-0.2, 0) is 9.84 Å². The molecule has 1 aliphatic heterocycles. The third-order valence-electron chi connectivity index (χ3n) is 3.81. The van der Waals surface area contributed by atoms with Crippen molar-refractivity contribution in [3.05, 3.63) is 29.3 Å². The maximum atomic E-state index is 13.9. The Morgan fingerprint density at radius 3 is 2.58 bits per heavy atom. The average Bonchev–Trinajstić information content (AvgIpc) is 3.08. The largest absolute Gasteiger partial charge is 0.307 e. The minimum absolute atomic E-state index is 0.238. The Morgan fingerprint density at radius 2 is 1.95 bits per heavy atom. The molecule has 0 aromatic heterocycles. The highest BCUT2D eigenvalue weighted by atomic mass is 32.2. The van der Waals surface area contributed by atoms with Gasteiger partial charge in [-0.05, 0) is 37.8 Å². The molecule has 104 valence electrons. The topological polar surface area (TPSA) is 46.2 Å². The van der Waals surface area contributed by atoms with Gasteiger partial charge in [0.25, 0.3) is 0 Å². The molecule has 1 fully saturated rings. The summed E-state index contributed by atoms with van der Waals surface area (Å²) in [6.07, 6.45) is 2.42. The van der Waals surface area contributed by atoms with E-state index in [9.17, 15) is 17.2 Å². The van der Waals surface area contributed by atoms with Crippen LogP contribution in [0.25, 0.3) is 0 Å². The molecule has 2 unspecified atom stereocenters. The Labute approximate surface area is 110 Å². The molecular formula is C13H15F2NO2S. The van der Waals surface area contributed by atoms with Gasteiger partial charge in [0.2, 0.25) is 0 Å². The number of rotatable bonds is 2. The Bertz CT molecular complexity index is 626. The first kappa shape index (κ1) is 13.0. The molecule has 1 aromatic carbocycles. The smallest absolute Gasteiger partial charge is 0.184 e. The van der Waals surface area contributed by atoms with Gasteiger partial charge in [-0.1, -0.05) is 0 Å². The van der Waals surface area contributed by atoms with Crippen molar-refractivity contribution >= 4 is 9.84 Å². The summed E-state index contributed by atoms with van der Waals surface area (Å²) >= 11 is 0. The van der Waals surface area contributed by atoms with Gasteiger partial charge in [-0.2, -0.15) is 0 Å². The van der Waals surface area contributed by atoms with Crippen molar-refractivity contribution in [2.45, 2.75) is 48.4 Å². The minimum atomic E-state index is -3.70. The van der Waals surface area contributed by atoms with Crippen LogP contribution >= 0.6 is 0 Å². The van der Waals surface area contributed by atoms with E-state index < -0.39 is 26.7 Å². The second kappa shape index (κ2) is 4.24. The maximum absolute atomic E-state index is 13.9. The van der Waals surface area contributed by atoms with E-state index >= 15 is 0 Å². The van der Waals surface area contributed by atoms with Crippen molar-refractivity contribution in [2.24, 2.45) is 0 Å². The van der Waals surface area contributed by atoms with E-state index in [0.29, 0.717) is 18.5 Å². The van der Waals surface area contributed by atoms with Crippen molar-refractivity contribution in [1.82, 2.24) is 5.32 Å². The molecule has 3 rings (SSSR count). The number of hydrogen-bond acceptors (Lipinski definition) is 3. The van der Waals surface area contributed by atoms with Crippen LogP contribution in [0.1, 0.15) is 37.8 Å². The predicted octanol–water partition coefficient (Wildman–Crippen LogP) is 2.32. The van der Waals surface area contributed by atoms with Crippen molar-refractivity contribution in [2.75, 3.05) is 0 Å². The second-order valence-electron chi connectivity index (χ2n) is 5.39. The minimum Gasteiger partial charge on any atom is -0.307 e. The molecule has 1 aromatic rings. The Morgan fingerprint density at radius 1 is 1.26 bits per heavy atom.